The van der Waals surface area contributed by atoms with Gasteiger partial charge in [-0.05, 0) is 70.9 Å². The molecule has 18 heavy (non-hydrogen) atoms. The molecule has 1 aromatic rings. The fraction of sp³-hybridized carbons (Fsp3) is 0.625. The number of likely N-dealkylation sites (tertiary alicyclic amines) is 1. The molecule has 2 rings (SSSR count). The molecule has 2 nitrogen and oxygen atoms in total. The van der Waals surface area contributed by atoms with Crippen LogP contribution < -0.4 is 5.32 Å². The second-order valence-corrected chi connectivity index (χ2v) is 6.08. The number of hydrogen-bond donors (Lipinski definition) is 1. The molecule has 1 fully saturated rings. The zero-order chi connectivity index (χ0) is 13.2. The number of benzene rings is 1. The summed E-state index contributed by atoms with van der Waals surface area (Å²) in [5.41, 5.74) is 2.96. The van der Waals surface area contributed by atoms with Gasteiger partial charge in [0.2, 0.25) is 0 Å². The van der Waals surface area contributed by atoms with Gasteiger partial charge in [0, 0.05) is 5.54 Å². The van der Waals surface area contributed by atoms with Crippen LogP contribution in [0.3, 0.4) is 0 Å². The Morgan fingerprint density at radius 1 is 1.22 bits per heavy atom. The smallest absolute Gasteiger partial charge is 0.0375 e. The summed E-state index contributed by atoms with van der Waals surface area (Å²) in [4.78, 5) is 2.43. The van der Waals surface area contributed by atoms with Gasteiger partial charge in [0.05, 0.1) is 0 Å². The zero-order valence-electron chi connectivity index (χ0n) is 12.2. The first kappa shape index (κ1) is 13.6. The highest BCUT2D eigenvalue weighted by Crippen LogP contribution is 2.30. The Morgan fingerprint density at radius 3 is 2.50 bits per heavy atom. The molecule has 0 unspecified atom stereocenters. The van der Waals surface area contributed by atoms with Crippen LogP contribution >= 0.6 is 0 Å². The number of piperidine rings is 1. The van der Waals surface area contributed by atoms with Crippen molar-refractivity contribution in [1.82, 2.24) is 10.2 Å². The largest absolute Gasteiger partial charge is 0.311 e. The molecule has 0 amide bonds. The molecule has 0 radical (unpaired) electrons. The number of nitrogens with zero attached hydrogens (tertiary/aromatic N) is 1. The van der Waals surface area contributed by atoms with Crippen molar-refractivity contribution in [2.75, 3.05) is 27.2 Å². The van der Waals surface area contributed by atoms with Crippen LogP contribution in [0.1, 0.15) is 43.7 Å². The Bertz CT molecular complexity index is 390. The van der Waals surface area contributed by atoms with E-state index >= 15 is 0 Å². The van der Waals surface area contributed by atoms with Crippen molar-refractivity contribution in [1.29, 1.82) is 0 Å². The molecule has 1 heterocycles. The Balaban J connectivity index is 2.17. The molecule has 0 atom stereocenters. The number of nitrogens with one attached hydrogen (secondary N) is 1. The Kier molecular flexibility index (Phi) is 4.08. The third-order valence-electron chi connectivity index (χ3n) is 4.42. The molecule has 1 aliphatic rings. The van der Waals surface area contributed by atoms with E-state index in [1.807, 2.05) is 7.05 Å². The van der Waals surface area contributed by atoms with Gasteiger partial charge in [-0.1, -0.05) is 24.3 Å². The van der Waals surface area contributed by atoms with Gasteiger partial charge in [0.25, 0.3) is 0 Å². The molecule has 1 aromatic carbocycles. The zero-order valence-corrected chi connectivity index (χ0v) is 12.2. The van der Waals surface area contributed by atoms with E-state index in [0.717, 1.165) is 5.92 Å². The van der Waals surface area contributed by atoms with Gasteiger partial charge in [0.15, 0.2) is 0 Å². The van der Waals surface area contributed by atoms with Crippen LogP contribution in [-0.4, -0.2) is 32.1 Å². The SMILES string of the molecule is CNC(C)(C)c1cccc(C2CCN(C)CC2)c1. The third kappa shape index (κ3) is 2.93. The van der Waals surface area contributed by atoms with E-state index in [-0.39, 0.29) is 5.54 Å². The summed E-state index contributed by atoms with van der Waals surface area (Å²) >= 11 is 0. The van der Waals surface area contributed by atoms with Crippen molar-refractivity contribution in [3.63, 3.8) is 0 Å². The molecule has 1 N–H and O–H groups in total. The summed E-state index contributed by atoms with van der Waals surface area (Å²) in [7, 11) is 4.25. The quantitative estimate of drug-likeness (QED) is 0.882. The molecule has 0 aromatic heterocycles. The second kappa shape index (κ2) is 5.41. The van der Waals surface area contributed by atoms with E-state index in [0.29, 0.717) is 0 Å². The first-order valence-electron chi connectivity index (χ1n) is 7.01. The van der Waals surface area contributed by atoms with E-state index in [1.54, 1.807) is 0 Å². The molecule has 1 aliphatic heterocycles. The lowest BCUT2D eigenvalue weighted by molar-refractivity contribution is 0.255. The van der Waals surface area contributed by atoms with Gasteiger partial charge in [-0.2, -0.15) is 0 Å². The van der Waals surface area contributed by atoms with Crippen molar-refractivity contribution in [3.8, 4) is 0 Å². The topological polar surface area (TPSA) is 15.3 Å². The molecule has 0 aliphatic carbocycles. The van der Waals surface area contributed by atoms with Crippen LogP contribution in [0, 0.1) is 0 Å². The number of rotatable bonds is 3. The minimum Gasteiger partial charge on any atom is -0.311 e. The van der Waals surface area contributed by atoms with Crippen molar-refractivity contribution in [3.05, 3.63) is 35.4 Å². The van der Waals surface area contributed by atoms with Crippen LogP contribution in [0.4, 0.5) is 0 Å². The van der Waals surface area contributed by atoms with Crippen molar-refractivity contribution < 1.29 is 0 Å². The summed E-state index contributed by atoms with van der Waals surface area (Å²) in [6.45, 7) is 6.93. The van der Waals surface area contributed by atoms with Gasteiger partial charge in [0.1, 0.15) is 0 Å². The Labute approximate surface area is 111 Å². The summed E-state index contributed by atoms with van der Waals surface area (Å²) in [6.07, 6.45) is 2.58. The normalized spacial score (nSPS) is 19.1. The predicted molar refractivity (Wildman–Crippen MR) is 78.0 cm³/mol. The molecular weight excluding hydrogens is 220 g/mol. The lowest BCUT2D eigenvalue weighted by Crippen LogP contribution is -2.33. The van der Waals surface area contributed by atoms with Gasteiger partial charge in [-0.15, -0.1) is 0 Å². The highest BCUT2D eigenvalue weighted by atomic mass is 15.1. The first-order chi connectivity index (χ1) is 8.53. The minimum atomic E-state index is 0.0570. The van der Waals surface area contributed by atoms with E-state index in [4.69, 9.17) is 0 Å². The monoisotopic (exact) mass is 246 g/mol. The van der Waals surface area contributed by atoms with Crippen LogP contribution in [-0.2, 0) is 5.54 Å². The summed E-state index contributed by atoms with van der Waals surface area (Å²) in [5.74, 6) is 0.744. The fourth-order valence-electron chi connectivity index (χ4n) is 2.67. The predicted octanol–water partition coefficient (Wildman–Crippen LogP) is 2.95. The summed E-state index contributed by atoms with van der Waals surface area (Å²) in [5, 5.41) is 3.39. The van der Waals surface area contributed by atoms with Gasteiger partial charge < -0.3 is 10.2 Å². The highest BCUT2D eigenvalue weighted by Gasteiger charge is 2.21. The second-order valence-electron chi connectivity index (χ2n) is 6.08. The van der Waals surface area contributed by atoms with Gasteiger partial charge in [-0.25, -0.2) is 0 Å². The fourth-order valence-corrected chi connectivity index (χ4v) is 2.67. The Hall–Kier alpha value is -0.860. The molecule has 1 saturated heterocycles. The van der Waals surface area contributed by atoms with Crippen LogP contribution in [0.5, 0.6) is 0 Å². The van der Waals surface area contributed by atoms with Gasteiger partial charge >= 0.3 is 0 Å². The van der Waals surface area contributed by atoms with Gasteiger partial charge in [-0.3, -0.25) is 0 Å². The highest BCUT2D eigenvalue weighted by molar-refractivity contribution is 5.31. The van der Waals surface area contributed by atoms with Crippen molar-refractivity contribution in [2.24, 2.45) is 0 Å². The van der Waals surface area contributed by atoms with E-state index in [1.165, 1.54) is 37.1 Å². The lowest BCUT2D eigenvalue weighted by Gasteiger charge is -2.31. The maximum Gasteiger partial charge on any atom is 0.0375 e. The molecule has 100 valence electrons. The van der Waals surface area contributed by atoms with Crippen LogP contribution in [0.25, 0.3) is 0 Å². The maximum atomic E-state index is 3.39. The van der Waals surface area contributed by atoms with Crippen molar-refractivity contribution in [2.45, 2.75) is 38.1 Å². The van der Waals surface area contributed by atoms with E-state index in [2.05, 4.69) is 55.4 Å². The standard InChI is InChI=1S/C16H26N2/c1-16(2,17-3)15-7-5-6-14(12-15)13-8-10-18(4)11-9-13/h5-7,12-13,17H,8-11H2,1-4H3. The summed E-state index contributed by atoms with van der Waals surface area (Å²) in [6, 6.07) is 9.13. The maximum absolute atomic E-state index is 3.39. The average molecular weight is 246 g/mol. The molecule has 0 bridgehead atoms. The molecule has 2 heteroatoms. The Morgan fingerprint density at radius 2 is 1.89 bits per heavy atom. The first-order valence-corrected chi connectivity index (χ1v) is 7.01. The minimum absolute atomic E-state index is 0.0570. The van der Waals surface area contributed by atoms with Crippen molar-refractivity contribution >= 4 is 0 Å². The summed E-state index contributed by atoms with van der Waals surface area (Å²) < 4.78 is 0. The number of hydrogen-bond acceptors (Lipinski definition) is 2. The third-order valence-corrected chi connectivity index (χ3v) is 4.42. The van der Waals surface area contributed by atoms with E-state index < -0.39 is 0 Å². The van der Waals surface area contributed by atoms with Crippen LogP contribution in [0.2, 0.25) is 0 Å². The molecule has 0 spiro atoms. The van der Waals surface area contributed by atoms with Crippen LogP contribution in [0.15, 0.2) is 24.3 Å². The average Bonchev–Trinajstić information content (AvgIpc) is 2.40. The molecular formula is C16H26N2. The molecule has 0 saturated carbocycles. The lowest BCUT2D eigenvalue weighted by atomic mass is 9.85. The van der Waals surface area contributed by atoms with E-state index in [9.17, 15) is 0 Å².